The summed E-state index contributed by atoms with van der Waals surface area (Å²) in [4.78, 5) is 24.7. The second-order valence-electron chi connectivity index (χ2n) is 6.38. The van der Waals surface area contributed by atoms with Gasteiger partial charge in [0.2, 0.25) is 6.10 Å². The third-order valence-electron chi connectivity index (χ3n) is 4.22. The molecule has 1 aliphatic heterocycles. The van der Waals surface area contributed by atoms with Gasteiger partial charge in [-0.3, -0.25) is 4.79 Å². The molecular formula is C22H19N3O4. The summed E-state index contributed by atoms with van der Waals surface area (Å²) in [5, 5.41) is 8.27. The maximum absolute atomic E-state index is 12.5. The molecule has 0 aliphatic carbocycles. The van der Waals surface area contributed by atoms with E-state index in [2.05, 4.69) is 16.0 Å². The molecule has 3 aromatic carbocycles. The lowest BCUT2D eigenvalue weighted by molar-refractivity contribution is -0.125. The number of ether oxygens (including phenoxy) is 2. The van der Waals surface area contributed by atoms with Gasteiger partial charge in [-0.1, -0.05) is 36.4 Å². The van der Waals surface area contributed by atoms with E-state index in [4.69, 9.17) is 9.47 Å². The molecular weight excluding hydrogens is 370 g/mol. The summed E-state index contributed by atoms with van der Waals surface area (Å²) in [6.07, 6.45) is -0.761. The highest BCUT2D eigenvalue weighted by molar-refractivity contribution is 6.00. The van der Waals surface area contributed by atoms with Gasteiger partial charge in [0, 0.05) is 17.1 Å². The van der Waals surface area contributed by atoms with Gasteiger partial charge in [-0.25, -0.2) is 4.79 Å². The fraction of sp³-hybridized carbons (Fsp3) is 0.0909. The maximum atomic E-state index is 12.5. The molecule has 1 heterocycles. The molecule has 3 amide bonds. The Kier molecular flexibility index (Phi) is 5.29. The second kappa shape index (κ2) is 8.35. The standard InChI is InChI=1S/C22H19N3O4/c26-21(20-14-28-18-11-4-5-12-19(18)29-20)23-16-9-6-10-17(13-16)25-22(27)24-15-7-2-1-3-8-15/h1-13,20H,14H2,(H,23,26)(H2,24,25,27)/t20-/m0/s1. The Balaban J connectivity index is 1.36. The highest BCUT2D eigenvalue weighted by atomic mass is 16.6. The molecule has 0 unspecified atom stereocenters. The van der Waals surface area contributed by atoms with Crippen molar-refractivity contribution in [2.45, 2.75) is 6.10 Å². The van der Waals surface area contributed by atoms with Crippen LogP contribution in [0, 0.1) is 0 Å². The molecule has 3 aromatic rings. The van der Waals surface area contributed by atoms with Crippen LogP contribution in [0.15, 0.2) is 78.9 Å². The van der Waals surface area contributed by atoms with Crippen molar-refractivity contribution in [1.82, 2.24) is 0 Å². The Bertz CT molecular complexity index is 1020. The minimum atomic E-state index is -0.761. The second-order valence-corrected chi connectivity index (χ2v) is 6.38. The molecule has 3 N–H and O–H groups in total. The largest absolute Gasteiger partial charge is 0.485 e. The molecule has 7 nitrogen and oxygen atoms in total. The Morgan fingerprint density at radius 2 is 1.34 bits per heavy atom. The van der Waals surface area contributed by atoms with Crippen LogP contribution in [0.1, 0.15) is 0 Å². The maximum Gasteiger partial charge on any atom is 0.323 e. The first-order chi connectivity index (χ1) is 14.2. The molecule has 1 aliphatic rings. The van der Waals surface area contributed by atoms with Crippen molar-refractivity contribution in [3.8, 4) is 11.5 Å². The van der Waals surface area contributed by atoms with Crippen LogP contribution in [0.25, 0.3) is 0 Å². The van der Waals surface area contributed by atoms with Crippen LogP contribution in [0.3, 0.4) is 0 Å². The van der Waals surface area contributed by atoms with Crippen LogP contribution in [0.2, 0.25) is 0 Å². The zero-order chi connectivity index (χ0) is 20.1. The van der Waals surface area contributed by atoms with Gasteiger partial charge < -0.3 is 25.4 Å². The van der Waals surface area contributed by atoms with E-state index in [0.717, 1.165) is 0 Å². The van der Waals surface area contributed by atoms with Crippen LogP contribution >= 0.6 is 0 Å². The number of carbonyl (C=O) groups excluding carboxylic acids is 2. The molecule has 0 fully saturated rings. The quantitative estimate of drug-likeness (QED) is 0.627. The Morgan fingerprint density at radius 1 is 0.724 bits per heavy atom. The van der Waals surface area contributed by atoms with E-state index in [1.807, 2.05) is 30.3 Å². The number of para-hydroxylation sites is 3. The van der Waals surface area contributed by atoms with Crippen molar-refractivity contribution in [3.05, 3.63) is 78.9 Å². The molecule has 29 heavy (non-hydrogen) atoms. The van der Waals surface area contributed by atoms with Gasteiger partial charge in [0.05, 0.1) is 0 Å². The number of carbonyl (C=O) groups is 2. The smallest absolute Gasteiger partial charge is 0.323 e. The van der Waals surface area contributed by atoms with Crippen LogP contribution in [0.4, 0.5) is 21.9 Å². The molecule has 1 atom stereocenters. The first-order valence-electron chi connectivity index (χ1n) is 9.10. The van der Waals surface area contributed by atoms with Crippen LogP contribution in [-0.4, -0.2) is 24.6 Å². The van der Waals surface area contributed by atoms with E-state index in [0.29, 0.717) is 28.6 Å². The summed E-state index contributed by atoms with van der Waals surface area (Å²) >= 11 is 0. The minimum Gasteiger partial charge on any atom is -0.485 e. The van der Waals surface area contributed by atoms with E-state index in [-0.39, 0.29) is 18.5 Å². The normalized spacial score (nSPS) is 14.6. The Hall–Kier alpha value is -4.00. The molecule has 0 saturated carbocycles. The molecule has 0 bridgehead atoms. The molecule has 7 heteroatoms. The zero-order valence-corrected chi connectivity index (χ0v) is 15.4. The number of hydrogen-bond donors (Lipinski definition) is 3. The van der Waals surface area contributed by atoms with Crippen LogP contribution in [-0.2, 0) is 4.79 Å². The highest BCUT2D eigenvalue weighted by Gasteiger charge is 2.27. The number of fused-ring (bicyclic) bond motifs is 1. The molecule has 146 valence electrons. The van der Waals surface area contributed by atoms with Gasteiger partial charge in [-0.05, 0) is 42.5 Å². The lowest BCUT2D eigenvalue weighted by atomic mass is 10.2. The van der Waals surface area contributed by atoms with Crippen molar-refractivity contribution in [1.29, 1.82) is 0 Å². The summed E-state index contributed by atoms with van der Waals surface area (Å²) in [5.74, 6) is 0.824. The summed E-state index contributed by atoms with van der Waals surface area (Å²) < 4.78 is 11.3. The third kappa shape index (κ3) is 4.65. The third-order valence-corrected chi connectivity index (χ3v) is 4.22. The highest BCUT2D eigenvalue weighted by Crippen LogP contribution is 2.31. The fourth-order valence-corrected chi connectivity index (χ4v) is 2.86. The molecule has 0 saturated heterocycles. The number of nitrogens with one attached hydrogen (secondary N) is 3. The van der Waals surface area contributed by atoms with Crippen molar-refractivity contribution in [3.63, 3.8) is 0 Å². The van der Waals surface area contributed by atoms with Gasteiger partial charge in [0.15, 0.2) is 11.5 Å². The minimum absolute atomic E-state index is 0.125. The number of amides is 3. The topological polar surface area (TPSA) is 88.7 Å². The Labute approximate surface area is 167 Å². The first kappa shape index (κ1) is 18.4. The van der Waals surface area contributed by atoms with Gasteiger partial charge in [0.25, 0.3) is 5.91 Å². The summed E-state index contributed by atoms with van der Waals surface area (Å²) in [6.45, 7) is 0.125. The number of rotatable bonds is 4. The average Bonchev–Trinajstić information content (AvgIpc) is 2.74. The number of urea groups is 1. The fourth-order valence-electron chi connectivity index (χ4n) is 2.86. The lowest BCUT2D eigenvalue weighted by Crippen LogP contribution is -2.40. The summed E-state index contributed by atoms with van der Waals surface area (Å²) in [7, 11) is 0. The monoisotopic (exact) mass is 389 g/mol. The molecule has 0 spiro atoms. The van der Waals surface area contributed by atoms with Crippen LogP contribution < -0.4 is 25.4 Å². The van der Waals surface area contributed by atoms with E-state index >= 15 is 0 Å². The van der Waals surface area contributed by atoms with E-state index < -0.39 is 6.10 Å². The number of benzene rings is 3. The van der Waals surface area contributed by atoms with Crippen molar-refractivity contribution in [2.24, 2.45) is 0 Å². The van der Waals surface area contributed by atoms with Crippen molar-refractivity contribution in [2.75, 3.05) is 22.6 Å². The number of hydrogen-bond acceptors (Lipinski definition) is 4. The molecule has 0 aromatic heterocycles. The summed E-state index contributed by atoms with van der Waals surface area (Å²) in [5.41, 5.74) is 1.77. The van der Waals surface area contributed by atoms with E-state index in [1.54, 1.807) is 48.5 Å². The van der Waals surface area contributed by atoms with Gasteiger partial charge in [-0.15, -0.1) is 0 Å². The Morgan fingerprint density at radius 3 is 2.14 bits per heavy atom. The SMILES string of the molecule is O=C(Nc1ccccc1)Nc1cccc(NC(=O)[C@@H]2COc3ccccc3O2)c1. The molecule has 0 radical (unpaired) electrons. The van der Waals surface area contributed by atoms with Gasteiger partial charge in [0.1, 0.15) is 6.61 Å². The first-order valence-corrected chi connectivity index (χ1v) is 9.10. The predicted octanol–water partition coefficient (Wildman–Crippen LogP) is 4.11. The van der Waals surface area contributed by atoms with E-state index in [9.17, 15) is 9.59 Å². The van der Waals surface area contributed by atoms with Gasteiger partial charge in [-0.2, -0.15) is 0 Å². The lowest BCUT2D eigenvalue weighted by Gasteiger charge is -2.25. The van der Waals surface area contributed by atoms with Crippen LogP contribution in [0.5, 0.6) is 11.5 Å². The zero-order valence-electron chi connectivity index (χ0n) is 15.4. The van der Waals surface area contributed by atoms with Crippen molar-refractivity contribution < 1.29 is 19.1 Å². The number of anilines is 3. The molecule has 4 rings (SSSR count). The van der Waals surface area contributed by atoms with Gasteiger partial charge >= 0.3 is 6.03 Å². The predicted molar refractivity (Wildman–Crippen MR) is 111 cm³/mol. The van der Waals surface area contributed by atoms with Crippen molar-refractivity contribution >= 4 is 29.0 Å². The average molecular weight is 389 g/mol. The van der Waals surface area contributed by atoms with E-state index in [1.165, 1.54) is 0 Å². The summed E-state index contributed by atoms with van der Waals surface area (Å²) in [6, 6.07) is 22.8.